The molecule has 20 heavy (non-hydrogen) atoms. The van der Waals surface area contributed by atoms with Gasteiger partial charge >= 0.3 is 0 Å². The quantitative estimate of drug-likeness (QED) is 0.813. The molecule has 0 aliphatic heterocycles. The average Bonchev–Trinajstić information content (AvgIpc) is 2.88. The van der Waals surface area contributed by atoms with Gasteiger partial charge in [-0.05, 0) is 31.0 Å². The summed E-state index contributed by atoms with van der Waals surface area (Å²) in [4.78, 5) is 25.0. The summed E-state index contributed by atoms with van der Waals surface area (Å²) in [6, 6.07) is 3.86. The van der Waals surface area contributed by atoms with Crippen molar-refractivity contribution >= 4 is 17.5 Å². The number of carbonyl (C=O) groups excluding carboxylic acids is 2. The van der Waals surface area contributed by atoms with Crippen LogP contribution in [0.4, 0.5) is 10.1 Å². The van der Waals surface area contributed by atoms with E-state index < -0.39 is 17.6 Å². The molecule has 2 rings (SSSR count). The fourth-order valence-corrected chi connectivity index (χ4v) is 2.61. The topological polar surface area (TPSA) is 89.4 Å². The fourth-order valence-electron chi connectivity index (χ4n) is 2.61. The first-order valence-corrected chi connectivity index (χ1v) is 6.63. The summed E-state index contributed by atoms with van der Waals surface area (Å²) in [6.07, 6.45) is 3.63. The summed E-state index contributed by atoms with van der Waals surface area (Å²) < 4.78 is 13.8. The van der Waals surface area contributed by atoms with E-state index in [1.54, 1.807) is 0 Å². The highest BCUT2D eigenvalue weighted by molar-refractivity contribution is 5.97. The highest BCUT2D eigenvalue weighted by Crippen LogP contribution is 2.25. The zero-order valence-electron chi connectivity index (χ0n) is 11.1. The fraction of sp³-hybridized carbons (Fsp3) is 0.429. The Labute approximate surface area is 116 Å². The first kappa shape index (κ1) is 14.3. The van der Waals surface area contributed by atoms with Crippen molar-refractivity contribution in [2.45, 2.75) is 31.7 Å². The van der Waals surface area contributed by atoms with Crippen LogP contribution in [0.15, 0.2) is 18.2 Å². The van der Waals surface area contributed by atoms with Gasteiger partial charge in [0, 0.05) is 11.7 Å². The van der Waals surface area contributed by atoms with Crippen LogP contribution in [0.3, 0.4) is 0 Å². The van der Waals surface area contributed by atoms with Crippen molar-refractivity contribution in [3.63, 3.8) is 0 Å². The zero-order chi connectivity index (χ0) is 14.7. The van der Waals surface area contributed by atoms with Gasteiger partial charge in [-0.3, -0.25) is 9.59 Å². The van der Waals surface area contributed by atoms with Gasteiger partial charge in [-0.25, -0.2) is 4.39 Å². The van der Waals surface area contributed by atoms with Crippen molar-refractivity contribution < 1.29 is 14.0 Å². The van der Waals surface area contributed by atoms with E-state index in [1.165, 1.54) is 17.0 Å². The van der Waals surface area contributed by atoms with Gasteiger partial charge in [-0.15, -0.1) is 0 Å². The third-order valence-corrected chi connectivity index (χ3v) is 3.58. The standard InChI is InChI=1S/C14H18FN3O2/c15-12-7-9(16)5-6-11(12)14(20)18(8-13(17)19)10-3-1-2-4-10/h5-7,10H,1-4,8,16H2,(H2,17,19). The molecule has 1 aromatic rings. The molecule has 1 aromatic carbocycles. The maximum atomic E-state index is 13.8. The summed E-state index contributed by atoms with van der Waals surface area (Å²) in [5.41, 5.74) is 10.8. The largest absolute Gasteiger partial charge is 0.399 e. The lowest BCUT2D eigenvalue weighted by Crippen LogP contribution is -2.44. The van der Waals surface area contributed by atoms with Crippen molar-refractivity contribution in [2.75, 3.05) is 12.3 Å². The Kier molecular flexibility index (Phi) is 4.22. The molecule has 108 valence electrons. The van der Waals surface area contributed by atoms with Gasteiger partial charge in [0.05, 0.1) is 12.1 Å². The van der Waals surface area contributed by atoms with Crippen LogP contribution < -0.4 is 11.5 Å². The van der Waals surface area contributed by atoms with E-state index in [4.69, 9.17) is 11.5 Å². The predicted molar refractivity (Wildman–Crippen MR) is 73.3 cm³/mol. The molecule has 4 N–H and O–H groups in total. The Morgan fingerprint density at radius 1 is 1.30 bits per heavy atom. The SMILES string of the molecule is NC(=O)CN(C(=O)c1ccc(N)cc1F)C1CCCC1. The number of nitrogens with two attached hydrogens (primary N) is 2. The average molecular weight is 279 g/mol. The molecule has 0 unspecified atom stereocenters. The second kappa shape index (κ2) is 5.90. The van der Waals surface area contributed by atoms with Gasteiger partial charge in [0.1, 0.15) is 5.82 Å². The van der Waals surface area contributed by atoms with Crippen LogP contribution in [0.2, 0.25) is 0 Å². The molecule has 0 bridgehead atoms. The van der Waals surface area contributed by atoms with Gasteiger partial charge in [-0.1, -0.05) is 12.8 Å². The molecule has 0 atom stereocenters. The lowest BCUT2D eigenvalue weighted by molar-refractivity contribution is -0.119. The Morgan fingerprint density at radius 3 is 2.50 bits per heavy atom. The van der Waals surface area contributed by atoms with Gasteiger partial charge in [-0.2, -0.15) is 0 Å². The minimum absolute atomic E-state index is 0.0491. The van der Waals surface area contributed by atoms with Crippen molar-refractivity contribution in [1.29, 1.82) is 0 Å². The van der Waals surface area contributed by atoms with Gasteiger partial charge in [0.2, 0.25) is 5.91 Å². The minimum atomic E-state index is -0.678. The van der Waals surface area contributed by atoms with Crippen molar-refractivity contribution in [3.05, 3.63) is 29.6 Å². The van der Waals surface area contributed by atoms with Crippen LogP contribution in [-0.2, 0) is 4.79 Å². The van der Waals surface area contributed by atoms with E-state index in [0.717, 1.165) is 31.7 Å². The molecule has 1 aliphatic carbocycles. The zero-order valence-corrected chi connectivity index (χ0v) is 11.1. The normalized spacial score (nSPS) is 15.2. The first-order valence-electron chi connectivity index (χ1n) is 6.63. The van der Waals surface area contributed by atoms with E-state index in [2.05, 4.69) is 0 Å². The molecule has 1 fully saturated rings. The molecule has 1 saturated carbocycles. The Bertz CT molecular complexity index is 527. The number of halogens is 1. The number of primary amides is 1. The summed E-state index contributed by atoms with van der Waals surface area (Å²) >= 11 is 0. The second-order valence-electron chi connectivity index (χ2n) is 5.08. The molecule has 0 heterocycles. The molecular formula is C14H18FN3O2. The summed E-state index contributed by atoms with van der Waals surface area (Å²) in [6.45, 7) is -0.187. The third kappa shape index (κ3) is 3.07. The summed E-state index contributed by atoms with van der Waals surface area (Å²) in [7, 11) is 0. The summed E-state index contributed by atoms with van der Waals surface area (Å²) in [5.74, 6) is -1.78. The number of nitrogens with zero attached hydrogens (tertiary/aromatic N) is 1. The van der Waals surface area contributed by atoms with Crippen molar-refractivity contribution in [2.24, 2.45) is 5.73 Å². The van der Waals surface area contributed by atoms with Crippen LogP contribution in [-0.4, -0.2) is 29.3 Å². The first-order chi connectivity index (χ1) is 9.49. The van der Waals surface area contributed by atoms with Gasteiger partial charge in [0.25, 0.3) is 5.91 Å². The van der Waals surface area contributed by atoms with Crippen molar-refractivity contribution in [1.82, 2.24) is 4.90 Å². The van der Waals surface area contributed by atoms with Crippen LogP contribution in [0.25, 0.3) is 0 Å². The molecule has 1 aliphatic rings. The number of rotatable bonds is 4. The molecule has 2 amide bonds. The Hall–Kier alpha value is -2.11. The molecule has 0 saturated heterocycles. The van der Waals surface area contributed by atoms with E-state index >= 15 is 0 Å². The van der Waals surface area contributed by atoms with Crippen LogP contribution >= 0.6 is 0 Å². The minimum Gasteiger partial charge on any atom is -0.399 e. The predicted octanol–water partition coefficient (Wildman–Crippen LogP) is 1.28. The van der Waals surface area contributed by atoms with Crippen LogP contribution in [0.1, 0.15) is 36.0 Å². The van der Waals surface area contributed by atoms with Crippen molar-refractivity contribution in [3.8, 4) is 0 Å². The van der Waals surface area contributed by atoms with Gasteiger partial charge < -0.3 is 16.4 Å². The highest BCUT2D eigenvalue weighted by atomic mass is 19.1. The molecule has 5 nitrogen and oxygen atoms in total. The third-order valence-electron chi connectivity index (χ3n) is 3.58. The second-order valence-corrected chi connectivity index (χ2v) is 5.08. The smallest absolute Gasteiger partial charge is 0.257 e. The Morgan fingerprint density at radius 2 is 1.95 bits per heavy atom. The van der Waals surface area contributed by atoms with E-state index in [9.17, 15) is 14.0 Å². The monoisotopic (exact) mass is 279 g/mol. The van der Waals surface area contributed by atoms with E-state index in [0.29, 0.717) is 0 Å². The molecule has 6 heteroatoms. The molecule has 0 radical (unpaired) electrons. The number of amides is 2. The number of benzene rings is 1. The maximum absolute atomic E-state index is 13.8. The van der Waals surface area contributed by atoms with E-state index in [1.807, 2.05) is 0 Å². The number of nitrogen functional groups attached to an aromatic ring is 1. The maximum Gasteiger partial charge on any atom is 0.257 e. The van der Waals surface area contributed by atoms with Gasteiger partial charge in [0.15, 0.2) is 0 Å². The lowest BCUT2D eigenvalue weighted by Gasteiger charge is -2.28. The summed E-state index contributed by atoms with van der Waals surface area (Å²) in [5, 5.41) is 0. The number of hydrogen-bond acceptors (Lipinski definition) is 3. The van der Waals surface area contributed by atoms with E-state index in [-0.39, 0.29) is 23.8 Å². The Balaban J connectivity index is 2.27. The molecular weight excluding hydrogens is 261 g/mol. The van der Waals surface area contributed by atoms with Crippen LogP contribution in [0, 0.1) is 5.82 Å². The van der Waals surface area contributed by atoms with Crippen LogP contribution in [0.5, 0.6) is 0 Å². The lowest BCUT2D eigenvalue weighted by atomic mass is 10.1. The number of carbonyl (C=O) groups is 2. The number of anilines is 1. The molecule has 0 spiro atoms. The number of hydrogen-bond donors (Lipinski definition) is 2. The highest BCUT2D eigenvalue weighted by Gasteiger charge is 2.29. The molecule has 0 aromatic heterocycles.